The largest absolute Gasteiger partial charge is 0.322 e. The maximum absolute atomic E-state index is 12.6. The molecule has 0 aliphatic rings. The predicted molar refractivity (Wildman–Crippen MR) is 103 cm³/mol. The van der Waals surface area contributed by atoms with E-state index in [9.17, 15) is 4.79 Å². The van der Waals surface area contributed by atoms with Crippen molar-refractivity contribution in [1.82, 2.24) is 14.5 Å². The van der Waals surface area contributed by atoms with E-state index in [1.54, 1.807) is 12.3 Å². The number of anilines is 1. The van der Waals surface area contributed by atoms with Crippen LogP contribution in [-0.4, -0.2) is 20.4 Å². The van der Waals surface area contributed by atoms with Crippen LogP contribution in [0.3, 0.4) is 0 Å². The maximum Gasteiger partial charge on any atom is 0.255 e. The number of hydrogen-bond acceptors (Lipinski definition) is 3. The van der Waals surface area contributed by atoms with Crippen LogP contribution in [0.15, 0.2) is 66.9 Å². The molecule has 4 rings (SSSR count). The third kappa shape index (κ3) is 2.95. The molecule has 2 aromatic heterocycles. The second kappa shape index (κ2) is 6.44. The van der Waals surface area contributed by atoms with Crippen LogP contribution in [-0.2, 0) is 7.05 Å². The van der Waals surface area contributed by atoms with E-state index < -0.39 is 0 Å². The van der Waals surface area contributed by atoms with Crippen molar-refractivity contribution in [3.05, 3.63) is 78.0 Å². The number of pyridine rings is 1. The van der Waals surface area contributed by atoms with Gasteiger partial charge in [-0.25, -0.2) is 9.97 Å². The van der Waals surface area contributed by atoms with Crippen molar-refractivity contribution in [3.8, 4) is 11.4 Å². The molecule has 0 bridgehead atoms. The topological polar surface area (TPSA) is 59.8 Å². The number of benzene rings is 2. The smallest absolute Gasteiger partial charge is 0.255 e. The average molecular weight is 342 g/mol. The molecule has 0 aliphatic heterocycles. The highest BCUT2D eigenvalue weighted by atomic mass is 16.1. The van der Waals surface area contributed by atoms with Crippen molar-refractivity contribution < 1.29 is 4.79 Å². The van der Waals surface area contributed by atoms with Crippen LogP contribution >= 0.6 is 0 Å². The minimum atomic E-state index is -0.146. The van der Waals surface area contributed by atoms with Crippen molar-refractivity contribution in [2.45, 2.75) is 6.92 Å². The number of rotatable bonds is 3. The lowest BCUT2D eigenvalue weighted by molar-refractivity contribution is 0.102. The molecule has 0 radical (unpaired) electrons. The van der Waals surface area contributed by atoms with Gasteiger partial charge in [-0.1, -0.05) is 29.8 Å². The first kappa shape index (κ1) is 16.0. The van der Waals surface area contributed by atoms with E-state index in [1.807, 2.05) is 73.1 Å². The summed E-state index contributed by atoms with van der Waals surface area (Å²) in [6, 6.07) is 19.0. The molecular formula is C21H18N4O. The number of amides is 1. The summed E-state index contributed by atoms with van der Waals surface area (Å²) in [6.45, 7) is 2.01. The third-order valence-corrected chi connectivity index (χ3v) is 4.32. The molecule has 0 unspecified atom stereocenters. The molecule has 0 spiro atoms. The van der Waals surface area contributed by atoms with Crippen molar-refractivity contribution in [1.29, 1.82) is 0 Å². The Hall–Kier alpha value is -3.47. The zero-order chi connectivity index (χ0) is 18.1. The lowest BCUT2D eigenvalue weighted by Crippen LogP contribution is -2.12. The van der Waals surface area contributed by atoms with Gasteiger partial charge in [0.25, 0.3) is 5.91 Å². The normalized spacial score (nSPS) is 10.8. The summed E-state index contributed by atoms with van der Waals surface area (Å²) in [4.78, 5) is 21.6. The third-order valence-electron chi connectivity index (χ3n) is 4.32. The Balaban J connectivity index is 1.66. The van der Waals surface area contributed by atoms with Crippen LogP contribution in [0.4, 0.5) is 5.69 Å². The molecule has 128 valence electrons. The van der Waals surface area contributed by atoms with E-state index in [0.29, 0.717) is 5.56 Å². The molecule has 1 amide bonds. The summed E-state index contributed by atoms with van der Waals surface area (Å²) >= 11 is 0. The van der Waals surface area contributed by atoms with Gasteiger partial charge in [0.2, 0.25) is 0 Å². The minimum absolute atomic E-state index is 0.146. The minimum Gasteiger partial charge on any atom is -0.322 e. The molecule has 0 saturated heterocycles. The fourth-order valence-electron chi connectivity index (χ4n) is 2.92. The average Bonchev–Trinajstić information content (AvgIpc) is 3.01. The van der Waals surface area contributed by atoms with E-state index in [2.05, 4.69) is 15.3 Å². The molecule has 0 aliphatic carbocycles. The highest BCUT2D eigenvalue weighted by molar-refractivity contribution is 6.04. The monoisotopic (exact) mass is 342 g/mol. The van der Waals surface area contributed by atoms with E-state index in [0.717, 1.165) is 33.8 Å². The SMILES string of the molecule is Cc1ccc(NC(=O)c2cccc(-c3nc4cccnc4n3C)c2)cc1. The summed E-state index contributed by atoms with van der Waals surface area (Å²) in [5.41, 5.74) is 5.04. The standard InChI is InChI=1S/C21H18N4O/c1-14-8-10-17(11-9-14)23-21(26)16-6-3-5-15(13-16)19-24-18-7-4-12-22-20(18)25(19)2/h3-13H,1-2H3,(H,23,26). The van der Waals surface area contributed by atoms with Gasteiger partial charge in [0.05, 0.1) is 0 Å². The first-order valence-corrected chi connectivity index (χ1v) is 8.38. The fourth-order valence-corrected chi connectivity index (χ4v) is 2.92. The summed E-state index contributed by atoms with van der Waals surface area (Å²) in [5, 5.41) is 2.93. The van der Waals surface area contributed by atoms with Crippen LogP contribution in [0.2, 0.25) is 0 Å². The molecule has 0 saturated carbocycles. The number of nitrogens with zero attached hydrogens (tertiary/aromatic N) is 3. The van der Waals surface area contributed by atoms with Gasteiger partial charge in [-0.15, -0.1) is 0 Å². The van der Waals surface area contributed by atoms with Gasteiger partial charge >= 0.3 is 0 Å². The number of aromatic nitrogens is 3. The van der Waals surface area contributed by atoms with Gasteiger partial charge < -0.3 is 9.88 Å². The van der Waals surface area contributed by atoms with Gasteiger partial charge in [0.15, 0.2) is 5.65 Å². The van der Waals surface area contributed by atoms with Gasteiger partial charge in [0.1, 0.15) is 11.3 Å². The Morgan fingerprint density at radius 3 is 2.62 bits per heavy atom. The summed E-state index contributed by atoms with van der Waals surface area (Å²) < 4.78 is 1.94. The molecule has 5 heteroatoms. The predicted octanol–water partition coefficient (Wildman–Crippen LogP) is 4.20. The van der Waals surface area contributed by atoms with Gasteiger partial charge in [-0.2, -0.15) is 0 Å². The second-order valence-electron chi connectivity index (χ2n) is 6.24. The number of aryl methyl sites for hydroxylation is 2. The van der Waals surface area contributed by atoms with Crippen molar-refractivity contribution >= 4 is 22.8 Å². The molecule has 1 N–H and O–H groups in total. The Bertz CT molecular complexity index is 1100. The lowest BCUT2D eigenvalue weighted by Gasteiger charge is -2.08. The van der Waals surface area contributed by atoms with Crippen molar-refractivity contribution in [3.63, 3.8) is 0 Å². The summed E-state index contributed by atoms with van der Waals surface area (Å²) in [5.74, 6) is 0.635. The molecule has 2 aromatic carbocycles. The Kier molecular flexibility index (Phi) is 3.97. The van der Waals surface area contributed by atoms with Crippen LogP contribution in [0, 0.1) is 6.92 Å². The van der Waals surface area contributed by atoms with Crippen molar-refractivity contribution in [2.75, 3.05) is 5.32 Å². The van der Waals surface area contributed by atoms with Crippen LogP contribution in [0.5, 0.6) is 0 Å². The summed E-state index contributed by atoms with van der Waals surface area (Å²) in [6.07, 6.45) is 1.75. The highest BCUT2D eigenvalue weighted by Crippen LogP contribution is 2.23. The zero-order valence-electron chi connectivity index (χ0n) is 14.6. The molecule has 2 heterocycles. The number of nitrogens with one attached hydrogen (secondary N) is 1. The number of carbonyl (C=O) groups excluding carboxylic acids is 1. The molecule has 0 atom stereocenters. The molecule has 26 heavy (non-hydrogen) atoms. The first-order valence-electron chi connectivity index (χ1n) is 8.38. The summed E-state index contributed by atoms with van der Waals surface area (Å²) in [7, 11) is 1.93. The quantitative estimate of drug-likeness (QED) is 0.607. The fraction of sp³-hybridized carbons (Fsp3) is 0.0952. The van der Waals surface area contributed by atoms with Crippen LogP contribution < -0.4 is 5.32 Å². The van der Waals surface area contributed by atoms with Crippen LogP contribution in [0.25, 0.3) is 22.6 Å². The van der Waals surface area contributed by atoms with Crippen molar-refractivity contribution in [2.24, 2.45) is 7.05 Å². The molecular weight excluding hydrogens is 324 g/mol. The first-order chi connectivity index (χ1) is 12.6. The number of hydrogen-bond donors (Lipinski definition) is 1. The molecule has 0 fully saturated rings. The van der Waals surface area contributed by atoms with E-state index in [-0.39, 0.29) is 5.91 Å². The zero-order valence-corrected chi connectivity index (χ0v) is 14.6. The van der Waals surface area contributed by atoms with Gasteiger partial charge in [-0.05, 0) is 43.3 Å². The number of imidazole rings is 1. The van der Waals surface area contributed by atoms with Gasteiger partial charge in [-0.3, -0.25) is 4.79 Å². The van der Waals surface area contributed by atoms with E-state index in [4.69, 9.17) is 0 Å². The molecule has 5 nitrogen and oxygen atoms in total. The van der Waals surface area contributed by atoms with E-state index in [1.165, 1.54) is 0 Å². The number of fused-ring (bicyclic) bond motifs is 1. The molecule has 4 aromatic rings. The highest BCUT2D eigenvalue weighted by Gasteiger charge is 2.13. The Morgan fingerprint density at radius 2 is 1.85 bits per heavy atom. The Morgan fingerprint density at radius 1 is 1.04 bits per heavy atom. The van der Waals surface area contributed by atoms with Gasteiger partial charge in [0, 0.05) is 30.1 Å². The number of carbonyl (C=O) groups is 1. The second-order valence-corrected chi connectivity index (χ2v) is 6.24. The van der Waals surface area contributed by atoms with Crippen LogP contribution in [0.1, 0.15) is 15.9 Å². The maximum atomic E-state index is 12.6. The lowest BCUT2D eigenvalue weighted by atomic mass is 10.1. The Labute approximate surface area is 151 Å². The van der Waals surface area contributed by atoms with E-state index >= 15 is 0 Å².